The molecule has 0 rings (SSSR count). The van der Waals surface area contributed by atoms with Gasteiger partial charge in [0.25, 0.3) is 0 Å². The van der Waals surface area contributed by atoms with E-state index in [0.29, 0.717) is 0 Å². The number of guanidine groups is 1. The smallest absolute Gasteiger partial charge is 0.190 e. The number of hydrogen-bond donors (Lipinski definition) is 2. The molecule has 0 spiro atoms. The highest BCUT2D eigenvalue weighted by molar-refractivity contribution is 14.0. The first-order valence-corrected chi connectivity index (χ1v) is 8.25. The van der Waals surface area contributed by atoms with Crippen LogP contribution < -0.4 is 10.6 Å². The predicted octanol–water partition coefficient (Wildman–Crippen LogP) is 2.73. The SMILES string of the molecule is CCCCOCCCNC(=NC)NCCCSC.I. The molecule has 0 aliphatic carbocycles. The van der Waals surface area contributed by atoms with Crippen LogP contribution in [0.1, 0.15) is 32.6 Å². The molecule has 0 aliphatic rings. The fraction of sp³-hybridized carbons (Fsp3) is 0.923. The lowest BCUT2D eigenvalue weighted by atomic mass is 10.4. The van der Waals surface area contributed by atoms with Crippen LogP contribution in [-0.2, 0) is 4.74 Å². The largest absolute Gasteiger partial charge is 0.381 e. The van der Waals surface area contributed by atoms with Crippen LogP contribution in [0.4, 0.5) is 0 Å². The summed E-state index contributed by atoms with van der Waals surface area (Å²) >= 11 is 1.87. The molecule has 0 aromatic heterocycles. The van der Waals surface area contributed by atoms with Crippen LogP contribution in [0, 0.1) is 0 Å². The standard InChI is InChI=1S/C13H29N3OS.HI/c1-4-5-10-17-11-6-8-15-13(14-2)16-9-7-12-18-3;/h4-12H2,1-3H3,(H2,14,15,16);1H. The highest BCUT2D eigenvalue weighted by Gasteiger charge is 1.96. The van der Waals surface area contributed by atoms with Crippen LogP contribution in [0.3, 0.4) is 0 Å². The molecule has 0 bridgehead atoms. The molecule has 0 heterocycles. The molecule has 4 nitrogen and oxygen atoms in total. The Hall–Kier alpha value is 0.310. The molecule has 0 aromatic rings. The first-order valence-electron chi connectivity index (χ1n) is 6.86. The molecule has 0 saturated heterocycles. The summed E-state index contributed by atoms with van der Waals surface area (Å²) in [5.41, 5.74) is 0. The van der Waals surface area contributed by atoms with Crippen molar-refractivity contribution in [3.05, 3.63) is 0 Å². The normalized spacial score (nSPS) is 11.0. The van der Waals surface area contributed by atoms with E-state index >= 15 is 0 Å². The van der Waals surface area contributed by atoms with E-state index in [4.69, 9.17) is 4.74 Å². The van der Waals surface area contributed by atoms with Crippen LogP contribution in [0.2, 0.25) is 0 Å². The molecule has 116 valence electrons. The van der Waals surface area contributed by atoms with E-state index in [9.17, 15) is 0 Å². The first-order chi connectivity index (χ1) is 8.85. The number of nitrogens with one attached hydrogen (secondary N) is 2. The maximum Gasteiger partial charge on any atom is 0.190 e. The summed E-state index contributed by atoms with van der Waals surface area (Å²) in [5, 5.41) is 6.59. The van der Waals surface area contributed by atoms with Crippen molar-refractivity contribution in [1.29, 1.82) is 0 Å². The highest BCUT2D eigenvalue weighted by Crippen LogP contribution is 1.93. The topological polar surface area (TPSA) is 45.6 Å². The third kappa shape index (κ3) is 16.3. The fourth-order valence-corrected chi connectivity index (χ4v) is 1.81. The van der Waals surface area contributed by atoms with Gasteiger partial charge in [-0.1, -0.05) is 13.3 Å². The molecule has 0 radical (unpaired) electrons. The Labute approximate surface area is 139 Å². The van der Waals surface area contributed by atoms with Crippen molar-refractivity contribution in [3.8, 4) is 0 Å². The van der Waals surface area contributed by atoms with Gasteiger partial charge in [0, 0.05) is 33.4 Å². The number of ether oxygens (including phenoxy) is 1. The predicted molar refractivity (Wildman–Crippen MR) is 98.1 cm³/mol. The van der Waals surface area contributed by atoms with Gasteiger partial charge in [-0.15, -0.1) is 24.0 Å². The van der Waals surface area contributed by atoms with Gasteiger partial charge in [-0.2, -0.15) is 11.8 Å². The summed E-state index contributed by atoms with van der Waals surface area (Å²) in [5.74, 6) is 2.08. The summed E-state index contributed by atoms with van der Waals surface area (Å²) in [4.78, 5) is 4.18. The molecule has 0 aromatic carbocycles. The molecule has 0 aliphatic heterocycles. The van der Waals surface area contributed by atoms with Crippen LogP contribution in [0.25, 0.3) is 0 Å². The molecular weight excluding hydrogens is 373 g/mol. The summed E-state index contributed by atoms with van der Waals surface area (Å²) in [6.07, 6.45) is 6.68. The van der Waals surface area contributed by atoms with E-state index in [0.717, 1.165) is 45.1 Å². The van der Waals surface area contributed by atoms with Crippen LogP contribution in [-0.4, -0.2) is 51.3 Å². The Morgan fingerprint density at radius 3 is 2.32 bits per heavy atom. The van der Waals surface area contributed by atoms with Gasteiger partial charge in [0.2, 0.25) is 0 Å². The minimum absolute atomic E-state index is 0. The van der Waals surface area contributed by atoms with Crippen molar-refractivity contribution >= 4 is 41.7 Å². The fourth-order valence-electron chi connectivity index (χ4n) is 1.37. The summed E-state index contributed by atoms with van der Waals surface area (Å²) in [7, 11) is 1.81. The van der Waals surface area contributed by atoms with E-state index in [1.807, 2.05) is 18.8 Å². The molecule has 2 N–H and O–H groups in total. The van der Waals surface area contributed by atoms with Crippen molar-refractivity contribution in [2.75, 3.05) is 45.4 Å². The van der Waals surface area contributed by atoms with Crippen molar-refractivity contribution in [1.82, 2.24) is 10.6 Å². The van der Waals surface area contributed by atoms with Gasteiger partial charge < -0.3 is 15.4 Å². The Bertz CT molecular complexity index is 206. The van der Waals surface area contributed by atoms with E-state index < -0.39 is 0 Å². The minimum Gasteiger partial charge on any atom is -0.381 e. The Morgan fingerprint density at radius 1 is 1.11 bits per heavy atom. The van der Waals surface area contributed by atoms with Crippen LogP contribution in [0.15, 0.2) is 4.99 Å². The molecular formula is C13H30IN3OS. The van der Waals surface area contributed by atoms with Crippen LogP contribution >= 0.6 is 35.7 Å². The monoisotopic (exact) mass is 403 g/mol. The first kappa shape index (κ1) is 21.6. The molecule has 0 amide bonds. The van der Waals surface area contributed by atoms with E-state index in [1.54, 1.807) is 0 Å². The van der Waals surface area contributed by atoms with Gasteiger partial charge in [-0.25, -0.2) is 0 Å². The van der Waals surface area contributed by atoms with Crippen LogP contribution in [0.5, 0.6) is 0 Å². The number of halogens is 1. The van der Waals surface area contributed by atoms with Crippen molar-refractivity contribution in [3.63, 3.8) is 0 Å². The second-order valence-corrected chi connectivity index (χ2v) is 5.08. The summed E-state index contributed by atoms with van der Waals surface area (Å²) < 4.78 is 5.50. The highest BCUT2D eigenvalue weighted by atomic mass is 127. The van der Waals surface area contributed by atoms with Crippen molar-refractivity contribution < 1.29 is 4.74 Å². The lowest BCUT2D eigenvalue weighted by molar-refractivity contribution is 0.129. The van der Waals surface area contributed by atoms with Gasteiger partial charge in [0.1, 0.15) is 0 Å². The zero-order chi connectivity index (χ0) is 13.5. The maximum absolute atomic E-state index is 5.50. The van der Waals surface area contributed by atoms with E-state index in [2.05, 4.69) is 28.8 Å². The average molecular weight is 403 g/mol. The van der Waals surface area contributed by atoms with Gasteiger partial charge in [0.15, 0.2) is 5.96 Å². The molecule has 19 heavy (non-hydrogen) atoms. The zero-order valence-corrected chi connectivity index (χ0v) is 15.7. The Kier molecular flexibility index (Phi) is 20.8. The summed E-state index contributed by atoms with van der Waals surface area (Å²) in [6, 6.07) is 0. The Balaban J connectivity index is 0. The minimum atomic E-state index is 0. The lowest BCUT2D eigenvalue weighted by Gasteiger charge is -2.11. The molecule has 6 heteroatoms. The van der Waals surface area contributed by atoms with Crippen molar-refractivity contribution in [2.24, 2.45) is 4.99 Å². The van der Waals surface area contributed by atoms with E-state index in [1.165, 1.54) is 18.6 Å². The maximum atomic E-state index is 5.50. The number of unbranched alkanes of at least 4 members (excludes halogenated alkanes) is 1. The number of nitrogens with zero attached hydrogens (tertiary/aromatic N) is 1. The quantitative estimate of drug-likeness (QED) is 0.241. The number of hydrogen-bond acceptors (Lipinski definition) is 3. The number of rotatable bonds is 11. The molecule has 0 fully saturated rings. The molecule has 0 unspecified atom stereocenters. The van der Waals surface area contributed by atoms with Gasteiger partial charge in [-0.3, -0.25) is 4.99 Å². The second-order valence-electron chi connectivity index (χ2n) is 4.09. The summed E-state index contributed by atoms with van der Waals surface area (Å²) in [6.45, 7) is 5.79. The van der Waals surface area contributed by atoms with Crippen molar-refractivity contribution in [2.45, 2.75) is 32.6 Å². The van der Waals surface area contributed by atoms with Gasteiger partial charge in [-0.05, 0) is 31.3 Å². The molecule has 0 saturated carbocycles. The zero-order valence-electron chi connectivity index (χ0n) is 12.5. The number of aliphatic imine (C=N–C) groups is 1. The van der Waals surface area contributed by atoms with Gasteiger partial charge >= 0.3 is 0 Å². The number of thioether (sulfide) groups is 1. The third-order valence-electron chi connectivity index (χ3n) is 2.44. The third-order valence-corrected chi connectivity index (χ3v) is 3.14. The Morgan fingerprint density at radius 2 is 1.74 bits per heavy atom. The lowest BCUT2D eigenvalue weighted by Crippen LogP contribution is -2.38. The van der Waals surface area contributed by atoms with E-state index in [-0.39, 0.29) is 24.0 Å². The molecule has 0 atom stereocenters. The second kappa shape index (κ2) is 18.3. The average Bonchev–Trinajstić information content (AvgIpc) is 2.40. The van der Waals surface area contributed by atoms with Gasteiger partial charge in [0.05, 0.1) is 0 Å².